The number of Topliss-reactive ketones (excluding diaryl/α,β-unsaturated/α-hetero) is 2. The van der Waals surface area contributed by atoms with E-state index in [1.807, 2.05) is 0 Å². The van der Waals surface area contributed by atoms with E-state index < -0.39 is 0 Å². The molecule has 0 aromatic heterocycles. The number of hydrogen-bond acceptors (Lipinski definition) is 2. The van der Waals surface area contributed by atoms with Gasteiger partial charge in [0.15, 0.2) is 0 Å². The van der Waals surface area contributed by atoms with E-state index in [9.17, 15) is 9.59 Å². The second-order valence-electron chi connectivity index (χ2n) is 14.1. The number of carbonyl (C=O) groups is 2. The maximum absolute atomic E-state index is 14.4. The SMILES string of the molecule is CC1(C)[C@@H]2CC[C@@]1(C)C(=O)[C@@H]2[C@@H](c1ccccc1)[C@@H](c1ccccc1)[C@@H]1C(=O)[C@]2(C)CC[C@H]1C2(C)C. The second-order valence-corrected chi connectivity index (χ2v) is 14.1. The largest absolute Gasteiger partial charge is 0.299 e. The second kappa shape index (κ2) is 7.65. The summed E-state index contributed by atoms with van der Waals surface area (Å²) in [5.41, 5.74) is 1.87. The van der Waals surface area contributed by atoms with E-state index in [1.54, 1.807) is 0 Å². The fraction of sp³-hybridized carbons (Fsp3) is 0.588. The molecule has 0 unspecified atom stereocenters. The summed E-state index contributed by atoms with van der Waals surface area (Å²) in [5, 5.41) is 0. The minimum Gasteiger partial charge on any atom is -0.299 e. The highest BCUT2D eigenvalue weighted by Gasteiger charge is 2.71. The number of carbonyl (C=O) groups excluding carboxylic acids is 2. The van der Waals surface area contributed by atoms with Gasteiger partial charge in [0.2, 0.25) is 0 Å². The molecule has 0 spiro atoms. The third-order valence-electron chi connectivity index (χ3n) is 12.7. The molecule has 6 rings (SSSR count). The Morgan fingerprint density at radius 2 is 0.917 bits per heavy atom. The van der Waals surface area contributed by atoms with Crippen molar-refractivity contribution in [1.82, 2.24) is 0 Å². The van der Waals surface area contributed by atoms with Gasteiger partial charge < -0.3 is 0 Å². The Kier molecular flexibility index (Phi) is 5.13. The van der Waals surface area contributed by atoms with Gasteiger partial charge in [-0.2, -0.15) is 0 Å². The first-order chi connectivity index (χ1) is 17.0. The average molecular weight is 483 g/mol. The summed E-state index contributed by atoms with van der Waals surface area (Å²) in [6.07, 6.45) is 4.20. The van der Waals surface area contributed by atoms with Gasteiger partial charge in [0.05, 0.1) is 0 Å². The molecule has 0 amide bonds. The fourth-order valence-corrected chi connectivity index (χ4v) is 9.77. The highest BCUT2D eigenvalue weighted by Crippen LogP contribution is 2.73. The summed E-state index contributed by atoms with van der Waals surface area (Å²) in [4.78, 5) is 28.8. The maximum Gasteiger partial charge on any atom is 0.143 e. The normalized spacial score (nSPS) is 39.5. The van der Waals surface area contributed by atoms with Crippen LogP contribution in [-0.2, 0) is 9.59 Å². The van der Waals surface area contributed by atoms with Crippen LogP contribution in [0.1, 0.15) is 90.2 Å². The van der Waals surface area contributed by atoms with E-state index in [1.165, 1.54) is 11.1 Å². The quantitative estimate of drug-likeness (QED) is 0.435. The van der Waals surface area contributed by atoms with Crippen LogP contribution >= 0.6 is 0 Å². The molecule has 4 saturated carbocycles. The summed E-state index contributed by atoms with van der Waals surface area (Å²) in [5.74, 6) is 1.52. The van der Waals surface area contributed by atoms with E-state index >= 15 is 0 Å². The van der Waals surface area contributed by atoms with Gasteiger partial charge in [-0.05, 0) is 59.5 Å². The average Bonchev–Trinajstić information content (AvgIpc) is 3.35. The van der Waals surface area contributed by atoms with Crippen molar-refractivity contribution in [1.29, 1.82) is 0 Å². The van der Waals surface area contributed by atoms with Gasteiger partial charge in [0, 0.05) is 34.5 Å². The van der Waals surface area contributed by atoms with Crippen LogP contribution in [0.15, 0.2) is 60.7 Å². The minimum absolute atomic E-state index is 0.0141. The lowest BCUT2D eigenvalue weighted by atomic mass is 9.60. The van der Waals surface area contributed by atoms with Crippen molar-refractivity contribution in [3.8, 4) is 0 Å². The Labute approximate surface area is 217 Å². The fourth-order valence-electron chi connectivity index (χ4n) is 9.77. The molecule has 0 radical (unpaired) electrons. The molecule has 0 aliphatic heterocycles. The van der Waals surface area contributed by atoms with Crippen molar-refractivity contribution >= 4 is 11.6 Å². The van der Waals surface area contributed by atoms with Crippen LogP contribution in [-0.4, -0.2) is 11.6 Å². The zero-order valence-corrected chi connectivity index (χ0v) is 22.9. The van der Waals surface area contributed by atoms with Crippen molar-refractivity contribution < 1.29 is 9.59 Å². The maximum atomic E-state index is 14.4. The number of rotatable bonds is 5. The minimum atomic E-state index is -0.277. The van der Waals surface area contributed by atoms with Gasteiger partial charge in [-0.25, -0.2) is 0 Å². The zero-order valence-electron chi connectivity index (χ0n) is 22.9. The summed E-state index contributed by atoms with van der Waals surface area (Å²) < 4.78 is 0. The van der Waals surface area contributed by atoms with Gasteiger partial charge in [-0.15, -0.1) is 0 Å². The molecule has 2 heteroatoms. The van der Waals surface area contributed by atoms with Crippen molar-refractivity contribution in [2.24, 2.45) is 45.3 Å². The van der Waals surface area contributed by atoms with E-state index in [4.69, 9.17) is 0 Å². The molecule has 4 aliphatic rings. The Morgan fingerprint density at radius 1 is 0.583 bits per heavy atom. The molecule has 4 fully saturated rings. The molecule has 2 aromatic rings. The predicted molar refractivity (Wildman–Crippen MR) is 145 cm³/mol. The third-order valence-corrected chi connectivity index (χ3v) is 12.7. The number of ketones is 2. The monoisotopic (exact) mass is 482 g/mol. The van der Waals surface area contributed by atoms with Gasteiger partial charge in [0.1, 0.15) is 11.6 Å². The summed E-state index contributed by atoms with van der Waals surface area (Å²) in [7, 11) is 0. The summed E-state index contributed by atoms with van der Waals surface area (Å²) in [6, 6.07) is 21.5. The van der Waals surface area contributed by atoms with Gasteiger partial charge in [-0.3, -0.25) is 9.59 Å². The van der Waals surface area contributed by atoms with E-state index in [0.717, 1.165) is 25.7 Å². The molecule has 0 heterocycles. The predicted octanol–water partition coefficient (Wildman–Crippen LogP) is 7.84. The summed E-state index contributed by atoms with van der Waals surface area (Å²) in [6.45, 7) is 13.8. The van der Waals surface area contributed by atoms with Crippen molar-refractivity contribution in [2.45, 2.75) is 79.1 Å². The van der Waals surface area contributed by atoms with Crippen LogP contribution in [0.2, 0.25) is 0 Å². The highest BCUT2D eigenvalue weighted by atomic mass is 16.1. The standard InChI is InChI=1S/C34H42O2/c1-31(2)23-17-19-33(31,5)29(35)27(23)25(21-13-9-7-10-14-21)26(22-15-11-8-12-16-22)28-24-18-20-34(6,30(28)36)32(24,3)4/h7-16,23-28H,17-20H2,1-6H3/t23-,24-,25-,26+,27-,28+,33+,34+/m1/s1. The van der Waals surface area contributed by atoms with E-state index in [-0.39, 0.29) is 45.3 Å². The highest BCUT2D eigenvalue weighted by molar-refractivity contribution is 5.94. The molecule has 4 aliphatic carbocycles. The van der Waals surface area contributed by atoms with Crippen LogP contribution < -0.4 is 0 Å². The van der Waals surface area contributed by atoms with Gasteiger partial charge >= 0.3 is 0 Å². The smallest absolute Gasteiger partial charge is 0.143 e. The lowest BCUT2D eigenvalue weighted by Crippen LogP contribution is -2.41. The lowest BCUT2D eigenvalue weighted by molar-refractivity contribution is -0.135. The van der Waals surface area contributed by atoms with Crippen LogP contribution in [0, 0.1) is 45.3 Å². The Morgan fingerprint density at radius 3 is 1.19 bits per heavy atom. The van der Waals surface area contributed by atoms with Crippen LogP contribution in [0.3, 0.4) is 0 Å². The Hall–Kier alpha value is -2.22. The van der Waals surface area contributed by atoms with E-state index in [0.29, 0.717) is 23.4 Å². The van der Waals surface area contributed by atoms with Gasteiger partial charge in [0.25, 0.3) is 0 Å². The van der Waals surface area contributed by atoms with Crippen LogP contribution in [0.25, 0.3) is 0 Å². The topological polar surface area (TPSA) is 34.1 Å². The molecule has 8 atom stereocenters. The number of hydrogen-bond donors (Lipinski definition) is 0. The Bertz CT molecular complexity index is 1100. The molecule has 2 aromatic carbocycles. The molecule has 36 heavy (non-hydrogen) atoms. The number of benzene rings is 2. The van der Waals surface area contributed by atoms with Crippen molar-refractivity contribution in [3.05, 3.63) is 71.8 Å². The third kappa shape index (κ3) is 2.80. The molecular weight excluding hydrogens is 440 g/mol. The number of fused-ring (bicyclic) bond motifs is 4. The zero-order chi connectivity index (χ0) is 25.7. The Balaban J connectivity index is 1.57. The first kappa shape index (κ1) is 24.1. The van der Waals surface area contributed by atoms with Crippen LogP contribution in [0.4, 0.5) is 0 Å². The molecule has 4 bridgehead atoms. The molecule has 0 N–H and O–H groups in total. The molecule has 190 valence electrons. The van der Waals surface area contributed by atoms with E-state index in [2.05, 4.69) is 102 Å². The van der Waals surface area contributed by atoms with Crippen molar-refractivity contribution in [2.75, 3.05) is 0 Å². The molecular formula is C34H42O2. The first-order valence-corrected chi connectivity index (χ1v) is 14.2. The lowest BCUT2D eigenvalue weighted by Gasteiger charge is -2.42. The van der Waals surface area contributed by atoms with Gasteiger partial charge in [-0.1, -0.05) is 102 Å². The molecule has 2 nitrogen and oxygen atoms in total. The van der Waals surface area contributed by atoms with Crippen LogP contribution in [0.5, 0.6) is 0 Å². The van der Waals surface area contributed by atoms with Crippen molar-refractivity contribution in [3.63, 3.8) is 0 Å². The first-order valence-electron chi connectivity index (χ1n) is 14.2. The summed E-state index contributed by atoms with van der Waals surface area (Å²) >= 11 is 0. The molecule has 0 saturated heterocycles.